The lowest BCUT2D eigenvalue weighted by Crippen LogP contribution is -2.28. The normalized spacial score (nSPS) is 18.3. The van der Waals surface area contributed by atoms with Crippen molar-refractivity contribution in [2.24, 2.45) is 0 Å². The first-order chi connectivity index (χ1) is 22.1. The molecule has 0 aromatic heterocycles. The number of hydrogen-bond donors (Lipinski definition) is 4. The van der Waals surface area contributed by atoms with Crippen LogP contribution in [0, 0.1) is 0 Å². The van der Waals surface area contributed by atoms with Crippen molar-refractivity contribution in [2.45, 2.75) is 56.3 Å². The molecule has 0 spiro atoms. The molecule has 16 heteroatoms. The molecule has 0 saturated carbocycles. The lowest BCUT2D eigenvalue weighted by atomic mass is 9.81. The van der Waals surface area contributed by atoms with Crippen molar-refractivity contribution in [1.29, 1.82) is 0 Å². The van der Waals surface area contributed by atoms with Crippen molar-refractivity contribution in [1.82, 2.24) is 0 Å². The summed E-state index contributed by atoms with van der Waals surface area (Å²) in [4.78, 5) is 13.3. The number of carboxylic acids is 1. The maximum atomic E-state index is 12.3. The van der Waals surface area contributed by atoms with Gasteiger partial charge in [0.15, 0.2) is 10.6 Å². The topological polar surface area (TPSA) is 207 Å². The van der Waals surface area contributed by atoms with Crippen LogP contribution in [0.1, 0.15) is 62.0 Å². The third kappa shape index (κ3) is 7.96. The van der Waals surface area contributed by atoms with E-state index in [0.717, 1.165) is 11.3 Å². The second kappa shape index (κ2) is 13.3. The van der Waals surface area contributed by atoms with E-state index in [1.807, 2.05) is 38.7 Å². The number of anilines is 1. The van der Waals surface area contributed by atoms with Gasteiger partial charge in [-0.2, -0.15) is 29.8 Å². The molecule has 48 heavy (non-hydrogen) atoms. The number of carboxylic acid groups (broad SMARTS) is 1. The summed E-state index contributed by atoms with van der Waals surface area (Å²) in [5.41, 5.74) is 2.31. The van der Waals surface area contributed by atoms with E-state index in [-0.39, 0.29) is 42.1 Å². The SMILES string of the molecule is CC1(C)C(/C=C/C=C/C=C2/N(CCCS(=O)(=O)O)c3ccc(C(=O)O)cc3C2(C)C)=[N+](CCCS(=O)(=O)O)c2c1cccc2S(=O)(=O)O. The summed E-state index contributed by atoms with van der Waals surface area (Å²) in [5.74, 6) is -2.08. The summed E-state index contributed by atoms with van der Waals surface area (Å²) in [5, 5.41) is 9.56. The summed E-state index contributed by atoms with van der Waals surface area (Å²) in [6.45, 7) is 7.82. The number of fused-ring (bicyclic) bond motifs is 2. The van der Waals surface area contributed by atoms with Crippen molar-refractivity contribution in [3.63, 3.8) is 0 Å². The highest BCUT2D eigenvalue weighted by Crippen LogP contribution is 2.48. The Balaban J connectivity index is 1.73. The predicted molar refractivity (Wildman–Crippen MR) is 181 cm³/mol. The maximum absolute atomic E-state index is 12.3. The number of nitrogens with zero attached hydrogens (tertiary/aromatic N) is 2. The second-order valence-electron chi connectivity index (χ2n) is 12.7. The molecule has 4 N–H and O–H groups in total. The van der Waals surface area contributed by atoms with E-state index in [1.54, 1.807) is 47.1 Å². The van der Waals surface area contributed by atoms with E-state index in [4.69, 9.17) is 0 Å². The summed E-state index contributed by atoms with van der Waals surface area (Å²) >= 11 is 0. The first-order valence-electron chi connectivity index (χ1n) is 14.9. The van der Waals surface area contributed by atoms with Gasteiger partial charge in [-0.05, 0) is 56.2 Å². The first kappa shape index (κ1) is 37.2. The van der Waals surface area contributed by atoms with Gasteiger partial charge in [-0.25, -0.2) is 4.79 Å². The Morgan fingerprint density at radius 1 is 0.833 bits per heavy atom. The predicted octanol–water partition coefficient (Wildman–Crippen LogP) is 4.36. The van der Waals surface area contributed by atoms with Gasteiger partial charge in [0.25, 0.3) is 20.2 Å². The zero-order valence-electron chi connectivity index (χ0n) is 26.9. The highest BCUT2D eigenvalue weighted by molar-refractivity contribution is 7.86. The number of carbonyl (C=O) groups is 1. The molecule has 2 aromatic carbocycles. The monoisotopic (exact) mass is 723 g/mol. The Morgan fingerprint density at radius 3 is 2.08 bits per heavy atom. The number of para-hydroxylation sites is 1. The number of rotatable bonds is 13. The fourth-order valence-electron chi connectivity index (χ4n) is 6.36. The molecule has 2 heterocycles. The van der Waals surface area contributed by atoms with Crippen LogP contribution >= 0.6 is 0 Å². The lowest BCUT2D eigenvalue weighted by Gasteiger charge is -2.27. The van der Waals surface area contributed by atoms with Crippen LogP contribution < -0.4 is 4.90 Å². The van der Waals surface area contributed by atoms with Crippen LogP contribution in [-0.4, -0.2) is 84.9 Å². The van der Waals surface area contributed by atoms with Crippen LogP contribution in [0.15, 0.2) is 77.4 Å². The van der Waals surface area contributed by atoms with Gasteiger partial charge in [-0.1, -0.05) is 44.2 Å². The molecule has 0 saturated heterocycles. The molecule has 0 aliphatic carbocycles. The molecule has 0 amide bonds. The van der Waals surface area contributed by atoms with Crippen molar-refractivity contribution >= 4 is 53.4 Å². The van der Waals surface area contributed by atoms with E-state index in [0.29, 0.717) is 17.0 Å². The molecule has 4 rings (SSSR count). The quantitative estimate of drug-likeness (QED) is 0.129. The van der Waals surface area contributed by atoms with Crippen LogP contribution in [0.4, 0.5) is 11.4 Å². The summed E-state index contributed by atoms with van der Waals surface area (Å²) in [6, 6.07) is 9.25. The number of benzene rings is 2. The third-order valence-electron chi connectivity index (χ3n) is 8.59. The van der Waals surface area contributed by atoms with Gasteiger partial charge in [0.05, 0.1) is 22.5 Å². The maximum Gasteiger partial charge on any atom is 0.335 e. The average molecular weight is 724 g/mol. The standard InChI is InChI=1S/C32H38N2O11S3/c1-31(2)23-11-8-12-26(48(43,44)45)29(23)34(18-10-20-47(40,41)42)28(31)14-7-5-6-13-27-32(3,4)24-21-22(30(35)36)15-16-25(24)33(27)17-9-19-46(37,38)39/h5-8,11-16,21H,9-10,17-20H2,1-4H3,(H3-,35,36,37,38,39,40,41,42,43,44,45)/p+1. The summed E-state index contributed by atoms with van der Waals surface area (Å²) in [6.07, 6.45) is 8.82. The molecule has 0 bridgehead atoms. The Kier molecular flexibility index (Phi) is 10.3. The third-order valence-corrected chi connectivity index (χ3v) is 11.1. The molecular weight excluding hydrogens is 685 g/mol. The molecule has 0 unspecified atom stereocenters. The van der Waals surface area contributed by atoms with Gasteiger partial charge < -0.3 is 10.0 Å². The van der Waals surface area contributed by atoms with Crippen molar-refractivity contribution in [2.75, 3.05) is 29.5 Å². The highest BCUT2D eigenvalue weighted by atomic mass is 32.2. The van der Waals surface area contributed by atoms with E-state index in [1.165, 1.54) is 18.2 Å². The minimum absolute atomic E-state index is 0.0273. The average Bonchev–Trinajstić information content (AvgIpc) is 3.29. The largest absolute Gasteiger partial charge is 0.478 e. The van der Waals surface area contributed by atoms with E-state index < -0.39 is 58.7 Å². The zero-order chi connectivity index (χ0) is 35.9. The van der Waals surface area contributed by atoms with E-state index >= 15 is 0 Å². The molecular formula is C32H39N2O11S3+. The molecule has 13 nitrogen and oxygen atoms in total. The summed E-state index contributed by atoms with van der Waals surface area (Å²) in [7, 11) is -13.1. The van der Waals surface area contributed by atoms with Gasteiger partial charge in [-0.3, -0.25) is 13.7 Å². The molecule has 2 aliphatic rings. The molecule has 0 radical (unpaired) electrons. The first-order valence-corrected chi connectivity index (χ1v) is 19.6. The van der Waals surface area contributed by atoms with Crippen molar-refractivity contribution in [3.05, 3.63) is 89.2 Å². The highest BCUT2D eigenvalue weighted by Gasteiger charge is 2.47. The number of allylic oxidation sites excluding steroid dienone is 6. The van der Waals surface area contributed by atoms with Crippen LogP contribution in [0.25, 0.3) is 0 Å². The lowest BCUT2D eigenvalue weighted by molar-refractivity contribution is -0.440. The minimum Gasteiger partial charge on any atom is -0.478 e. The van der Waals surface area contributed by atoms with Gasteiger partial charge in [-0.15, -0.1) is 0 Å². The molecule has 0 atom stereocenters. The van der Waals surface area contributed by atoms with Crippen molar-refractivity contribution < 1.29 is 53.4 Å². The summed E-state index contributed by atoms with van der Waals surface area (Å²) < 4.78 is 100. The number of hydrogen-bond acceptors (Lipinski definition) is 8. The van der Waals surface area contributed by atoms with Crippen LogP contribution in [0.2, 0.25) is 0 Å². The second-order valence-corrected chi connectivity index (χ2v) is 17.2. The van der Waals surface area contributed by atoms with Crippen molar-refractivity contribution in [3.8, 4) is 0 Å². The van der Waals surface area contributed by atoms with Crippen LogP contribution in [-0.2, 0) is 41.2 Å². The molecule has 0 fully saturated rings. The van der Waals surface area contributed by atoms with Gasteiger partial charge in [0.2, 0.25) is 5.69 Å². The molecule has 2 aliphatic heterocycles. The Labute approximate surface area is 280 Å². The van der Waals surface area contributed by atoms with E-state index in [9.17, 15) is 48.8 Å². The Bertz CT molecular complexity index is 2090. The fraction of sp³-hybridized carbons (Fsp3) is 0.375. The van der Waals surface area contributed by atoms with Crippen LogP contribution in [0.3, 0.4) is 0 Å². The molecule has 260 valence electrons. The molecule has 2 aromatic rings. The Hall–Kier alpha value is -3.67. The minimum atomic E-state index is -4.64. The van der Waals surface area contributed by atoms with E-state index in [2.05, 4.69) is 0 Å². The van der Waals surface area contributed by atoms with Crippen LogP contribution in [0.5, 0.6) is 0 Å². The van der Waals surface area contributed by atoms with Gasteiger partial charge >= 0.3 is 16.1 Å². The van der Waals surface area contributed by atoms with Gasteiger partial charge in [0, 0.05) is 41.4 Å². The fourth-order valence-corrected chi connectivity index (χ4v) is 8.06. The zero-order valence-corrected chi connectivity index (χ0v) is 29.3. The van der Waals surface area contributed by atoms with Gasteiger partial charge in [0.1, 0.15) is 6.54 Å². The number of aromatic carboxylic acids is 1. The smallest absolute Gasteiger partial charge is 0.335 e. The Morgan fingerprint density at radius 2 is 1.48 bits per heavy atom.